The van der Waals surface area contributed by atoms with Crippen LogP contribution in [0.2, 0.25) is 10.0 Å². The summed E-state index contributed by atoms with van der Waals surface area (Å²) in [6.45, 7) is 6.55. The van der Waals surface area contributed by atoms with Crippen LogP contribution in [-0.4, -0.2) is 26.3 Å². The number of hydrogen-bond acceptors (Lipinski definition) is 4. The second-order valence-electron chi connectivity index (χ2n) is 5.43. The van der Waals surface area contributed by atoms with E-state index < -0.39 is 0 Å². The molecular weight excluding hydrogens is 341 g/mol. The Kier molecular flexibility index (Phi) is 5.89. The summed E-state index contributed by atoms with van der Waals surface area (Å²) in [5.41, 5.74) is 0.786. The van der Waals surface area contributed by atoms with Gasteiger partial charge in [0.15, 0.2) is 11.0 Å². The van der Waals surface area contributed by atoms with Crippen molar-refractivity contribution < 1.29 is 4.79 Å². The number of benzene rings is 1. The number of thioether (sulfide) groups is 1. The van der Waals surface area contributed by atoms with Crippen LogP contribution in [0.1, 0.15) is 20.8 Å². The minimum Gasteiger partial charge on any atom is -0.302 e. The highest BCUT2D eigenvalue weighted by Crippen LogP contribution is 2.31. The molecule has 1 aromatic carbocycles. The van der Waals surface area contributed by atoms with Crippen molar-refractivity contribution in [2.75, 3.05) is 5.75 Å². The van der Waals surface area contributed by atoms with Crippen LogP contribution in [0.15, 0.2) is 23.4 Å². The molecule has 118 valence electrons. The number of rotatable bonds is 6. The molecule has 2 rings (SSSR count). The van der Waals surface area contributed by atoms with Gasteiger partial charge < -0.3 is 4.57 Å². The van der Waals surface area contributed by atoms with Gasteiger partial charge in [-0.05, 0) is 31.0 Å². The summed E-state index contributed by atoms with van der Waals surface area (Å²) in [5.74, 6) is 1.60. The van der Waals surface area contributed by atoms with Crippen molar-refractivity contribution in [1.29, 1.82) is 0 Å². The van der Waals surface area contributed by atoms with Crippen molar-refractivity contribution in [3.63, 3.8) is 0 Å². The molecule has 0 saturated heterocycles. The van der Waals surface area contributed by atoms with Crippen molar-refractivity contribution in [1.82, 2.24) is 14.8 Å². The normalized spacial score (nSPS) is 11.2. The van der Waals surface area contributed by atoms with E-state index in [1.54, 1.807) is 19.1 Å². The predicted octanol–water partition coefficient (Wildman–Crippen LogP) is 4.59. The number of Topliss-reactive ketones (excluding diaryl/α,β-unsaturated/α-hetero) is 1. The minimum absolute atomic E-state index is 0.107. The summed E-state index contributed by atoms with van der Waals surface area (Å²) in [5, 5.41) is 10.3. The molecule has 0 unspecified atom stereocenters. The molecule has 4 nitrogen and oxygen atoms in total. The molecule has 0 bridgehead atoms. The van der Waals surface area contributed by atoms with E-state index in [-0.39, 0.29) is 5.78 Å². The van der Waals surface area contributed by atoms with Crippen LogP contribution in [0.3, 0.4) is 0 Å². The second kappa shape index (κ2) is 7.49. The largest absolute Gasteiger partial charge is 0.302 e. The lowest BCUT2D eigenvalue weighted by Gasteiger charge is -2.13. The van der Waals surface area contributed by atoms with Crippen LogP contribution in [0.5, 0.6) is 0 Å². The Morgan fingerprint density at radius 3 is 2.64 bits per heavy atom. The lowest BCUT2D eigenvalue weighted by Crippen LogP contribution is -2.08. The first kappa shape index (κ1) is 17.3. The lowest BCUT2D eigenvalue weighted by molar-refractivity contribution is -0.114. The monoisotopic (exact) mass is 357 g/mol. The van der Waals surface area contributed by atoms with E-state index in [9.17, 15) is 4.79 Å². The molecule has 0 saturated carbocycles. The number of ketones is 1. The van der Waals surface area contributed by atoms with Gasteiger partial charge in [0.2, 0.25) is 0 Å². The highest BCUT2D eigenvalue weighted by atomic mass is 35.5. The third-order valence-corrected chi connectivity index (χ3v) is 4.50. The Balaban J connectivity index is 2.43. The number of aromatic nitrogens is 3. The lowest BCUT2D eigenvalue weighted by atomic mass is 10.2. The molecular formula is C15H17Cl2N3OS. The van der Waals surface area contributed by atoms with Gasteiger partial charge in [0.05, 0.1) is 10.8 Å². The number of halogens is 2. The van der Waals surface area contributed by atoms with Gasteiger partial charge in [-0.3, -0.25) is 4.79 Å². The Bertz CT molecular complexity index is 685. The zero-order valence-electron chi connectivity index (χ0n) is 12.6. The van der Waals surface area contributed by atoms with E-state index >= 15 is 0 Å². The number of nitrogens with zero attached hydrogens (tertiary/aromatic N) is 3. The summed E-state index contributed by atoms with van der Waals surface area (Å²) >= 11 is 13.6. The second-order valence-corrected chi connectivity index (χ2v) is 7.21. The zero-order valence-corrected chi connectivity index (χ0v) is 15.0. The van der Waals surface area contributed by atoms with Gasteiger partial charge in [-0.1, -0.05) is 48.8 Å². The van der Waals surface area contributed by atoms with Gasteiger partial charge in [-0.2, -0.15) is 0 Å². The van der Waals surface area contributed by atoms with Crippen molar-refractivity contribution in [2.24, 2.45) is 5.92 Å². The summed E-state index contributed by atoms with van der Waals surface area (Å²) < 4.78 is 2.01. The van der Waals surface area contributed by atoms with Gasteiger partial charge in [0, 0.05) is 17.1 Å². The molecule has 0 spiro atoms. The molecule has 0 fully saturated rings. The Morgan fingerprint density at radius 1 is 1.32 bits per heavy atom. The fraction of sp³-hybridized carbons (Fsp3) is 0.400. The molecule has 0 N–H and O–H groups in total. The van der Waals surface area contributed by atoms with E-state index in [4.69, 9.17) is 23.2 Å². The molecule has 7 heteroatoms. The summed E-state index contributed by atoms with van der Waals surface area (Å²) in [7, 11) is 0. The van der Waals surface area contributed by atoms with Crippen LogP contribution >= 0.6 is 35.0 Å². The van der Waals surface area contributed by atoms with Crippen LogP contribution in [-0.2, 0) is 11.3 Å². The average Bonchev–Trinajstić information content (AvgIpc) is 2.78. The highest BCUT2D eigenvalue weighted by molar-refractivity contribution is 7.99. The van der Waals surface area contributed by atoms with E-state index in [1.807, 2.05) is 10.6 Å². The maximum Gasteiger partial charge on any atom is 0.191 e. The summed E-state index contributed by atoms with van der Waals surface area (Å²) in [6, 6.07) is 5.31. The SMILES string of the molecule is CC(=O)CSc1nnc(-c2ccc(Cl)cc2Cl)n1CC(C)C. The Labute approximate surface area is 144 Å². The molecule has 1 aromatic heterocycles. The quantitative estimate of drug-likeness (QED) is 0.709. The number of carbonyl (C=O) groups is 1. The number of hydrogen-bond donors (Lipinski definition) is 0. The van der Waals surface area contributed by atoms with Crippen molar-refractivity contribution in [2.45, 2.75) is 32.5 Å². The van der Waals surface area contributed by atoms with Crippen molar-refractivity contribution in [3.8, 4) is 11.4 Å². The van der Waals surface area contributed by atoms with Crippen LogP contribution in [0.4, 0.5) is 0 Å². The van der Waals surface area contributed by atoms with Gasteiger partial charge >= 0.3 is 0 Å². The molecule has 1 heterocycles. The van der Waals surface area contributed by atoms with E-state index in [1.165, 1.54) is 11.8 Å². The van der Waals surface area contributed by atoms with Gasteiger partial charge in [0.25, 0.3) is 0 Å². The van der Waals surface area contributed by atoms with Gasteiger partial charge in [-0.15, -0.1) is 10.2 Å². The third kappa shape index (κ3) is 4.24. The maximum absolute atomic E-state index is 11.2. The fourth-order valence-corrected chi connectivity index (χ4v) is 3.20. The van der Waals surface area contributed by atoms with Crippen LogP contribution < -0.4 is 0 Å². The molecule has 2 aromatic rings. The van der Waals surface area contributed by atoms with Gasteiger partial charge in [0.1, 0.15) is 5.78 Å². The molecule has 0 aliphatic heterocycles. The number of carbonyl (C=O) groups excluding carboxylic acids is 1. The van der Waals surface area contributed by atoms with Crippen molar-refractivity contribution >= 4 is 40.7 Å². The Hall–Kier alpha value is -1.04. The average molecular weight is 358 g/mol. The Morgan fingerprint density at radius 2 is 2.05 bits per heavy atom. The standard InChI is InChI=1S/C15H17Cl2N3OS/c1-9(2)7-20-14(12-5-4-11(16)6-13(12)17)18-19-15(20)22-8-10(3)21/h4-6,9H,7-8H2,1-3H3. The smallest absolute Gasteiger partial charge is 0.191 e. The van der Waals surface area contributed by atoms with Crippen LogP contribution in [0.25, 0.3) is 11.4 Å². The summed E-state index contributed by atoms with van der Waals surface area (Å²) in [6.07, 6.45) is 0. The van der Waals surface area contributed by atoms with Gasteiger partial charge in [-0.25, -0.2) is 0 Å². The van der Waals surface area contributed by atoms with Crippen molar-refractivity contribution in [3.05, 3.63) is 28.2 Å². The molecule has 0 aliphatic rings. The van der Waals surface area contributed by atoms with E-state index in [0.717, 1.165) is 17.3 Å². The zero-order chi connectivity index (χ0) is 16.3. The first-order valence-electron chi connectivity index (χ1n) is 6.89. The highest BCUT2D eigenvalue weighted by Gasteiger charge is 2.18. The van der Waals surface area contributed by atoms with E-state index in [0.29, 0.717) is 27.5 Å². The maximum atomic E-state index is 11.2. The minimum atomic E-state index is 0.107. The molecule has 0 amide bonds. The predicted molar refractivity (Wildman–Crippen MR) is 91.7 cm³/mol. The summed E-state index contributed by atoms with van der Waals surface area (Å²) in [4.78, 5) is 11.2. The topological polar surface area (TPSA) is 47.8 Å². The molecule has 0 radical (unpaired) electrons. The molecule has 0 atom stereocenters. The fourth-order valence-electron chi connectivity index (χ4n) is 1.96. The molecule has 0 aliphatic carbocycles. The first-order valence-corrected chi connectivity index (χ1v) is 8.63. The van der Waals surface area contributed by atoms with Crippen LogP contribution in [0, 0.1) is 5.92 Å². The third-order valence-electron chi connectivity index (χ3n) is 2.84. The molecule has 22 heavy (non-hydrogen) atoms. The van der Waals surface area contributed by atoms with E-state index in [2.05, 4.69) is 24.0 Å². The first-order chi connectivity index (χ1) is 10.4.